The van der Waals surface area contributed by atoms with Gasteiger partial charge in [-0.25, -0.2) is 0 Å². The third kappa shape index (κ3) is 5.24. The number of rotatable bonds is 7. The van der Waals surface area contributed by atoms with E-state index in [0.717, 1.165) is 67.6 Å². The van der Waals surface area contributed by atoms with Crippen molar-refractivity contribution in [2.75, 3.05) is 6.61 Å². The molecule has 1 saturated heterocycles. The van der Waals surface area contributed by atoms with Crippen LogP contribution in [0.1, 0.15) is 125 Å². The van der Waals surface area contributed by atoms with E-state index in [4.69, 9.17) is 9.47 Å². The van der Waals surface area contributed by atoms with Crippen molar-refractivity contribution < 1.29 is 19.1 Å². The highest BCUT2D eigenvalue weighted by atomic mass is 16.6. The van der Waals surface area contributed by atoms with Gasteiger partial charge in [-0.3, -0.25) is 9.59 Å². The van der Waals surface area contributed by atoms with Gasteiger partial charge in [0, 0.05) is 6.42 Å². The van der Waals surface area contributed by atoms with Crippen LogP contribution in [-0.2, 0) is 19.1 Å². The number of allylic oxidation sites excluding steroid dienone is 1. The van der Waals surface area contributed by atoms with Crippen molar-refractivity contribution >= 4 is 11.9 Å². The maximum atomic E-state index is 12.9. The number of carbonyl (C=O) groups excluding carboxylic acids is 2. The van der Waals surface area contributed by atoms with Crippen molar-refractivity contribution in [3.05, 3.63) is 11.6 Å². The van der Waals surface area contributed by atoms with E-state index in [2.05, 4.69) is 40.7 Å². The number of hydrogen-bond donors (Lipinski definition) is 0. The summed E-state index contributed by atoms with van der Waals surface area (Å²) in [6, 6.07) is 0. The normalized spacial score (nSPS) is 41.7. The highest BCUT2D eigenvalue weighted by molar-refractivity contribution is 5.95. The van der Waals surface area contributed by atoms with Gasteiger partial charge in [0.2, 0.25) is 0 Å². The highest BCUT2D eigenvalue weighted by Crippen LogP contribution is 2.67. The Bertz CT molecular complexity index is 906. The Balaban J connectivity index is 1.23. The first-order valence-electron chi connectivity index (χ1n) is 16.2. The summed E-state index contributed by atoms with van der Waals surface area (Å²) in [4.78, 5) is 25.2. The third-order valence-corrected chi connectivity index (χ3v) is 12.2. The maximum Gasteiger partial charge on any atom is 0.320 e. The summed E-state index contributed by atoms with van der Waals surface area (Å²) in [6.45, 7) is 12.9. The van der Waals surface area contributed by atoms with Crippen molar-refractivity contribution in [2.45, 2.75) is 131 Å². The first-order valence-corrected chi connectivity index (χ1v) is 16.2. The van der Waals surface area contributed by atoms with Crippen LogP contribution >= 0.6 is 0 Å². The first-order chi connectivity index (χ1) is 18.1. The van der Waals surface area contributed by atoms with Crippen molar-refractivity contribution in [3.63, 3.8) is 0 Å². The molecule has 4 heteroatoms. The van der Waals surface area contributed by atoms with Gasteiger partial charge >= 0.3 is 11.9 Å². The van der Waals surface area contributed by atoms with Crippen LogP contribution in [0.3, 0.4) is 0 Å². The van der Waals surface area contributed by atoms with Gasteiger partial charge in [0.15, 0.2) is 5.92 Å². The van der Waals surface area contributed by atoms with Crippen LogP contribution in [0.2, 0.25) is 0 Å². The van der Waals surface area contributed by atoms with Gasteiger partial charge < -0.3 is 9.47 Å². The quantitative estimate of drug-likeness (QED) is 0.190. The molecule has 0 N–H and O–H groups in total. The van der Waals surface area contributed by atoms with E-state index < -0.39 is 5.92 Å². The molecule has 214 valence electrons. The topological polar surface area (TPSA) is 52.6 Å². The van der Waals surface area contributed by atoms with Crippen LogP contribution in [0.25, 0.3) is 0 Å². The molecule has 0 amide bonds. The molecule has 9 atom stereocenters. The largest absolute Gasteiger partial charge is 0.465 e. The molecule has 0 aromatic heterocycles. The highest BCUT2D eigenvalue weighted by Gasteiger charge is 2.59. The minimum absolute atomic E-state index is 0.0918. The Morgan fingerprint density at radius 1 is 1.03 bits per heavy atom. The fourth-order valence-electron chi connectivity index (χ4n) is 10.1. The van der Waals surface area contributed by atoms with E-state index in [1.807, 2.05) is 0 Å². The first kappa shape index (κ1) is 28.2. The summed E-state index contributed by atoms with van der Waals surface area (Å²) >= 11 is 0. The molecular weight excluding hydrogens is 472 g/mol. The van der Waals surface area contributed by atoms with Crippen molar-refractivity contribution in [2.24, 2.45) is 52.3 Å². The lowest BCUT2D eigenvalue weighted by Gasteiger charge is -2.58. The number of fused-ring (bicyclic) bond motifs is 5. The fraction of sp³-hybridized carbons (Fsp3) is 0.882. The lowest BCUT2D eigenvalue weighted by molar-refractivity contribution is -0.166. The average molecular weight is 527 g/mol. The minimum atomic E-state index is -0.727. The minimum Gasteiger partial charge on any atom is -0.465 e. The van der Waals surface area contributed by atoms with E-state index in [-0.39, 0.29) is 23.5 Å². The summed E-state index contributed by atoms with van der Waals surface area (Å²) < 4.78 is 11.2. The molecule has 1 aliphatic heterocycles. The molecule has 38 heavy (non-hydrogen) atoms. The van der Waals surface area contributed by atoms with Crippen LogP contribution < -0.4 is 0 Å². The Hall–Kier alpha value is -1.32. The molecule has 4 fully saturated rings. The van der Waals surface area contributed by atoms with Gasteiger partial charge in [-0.2, -0.15) is 0 Å². The molecular formula is C34H54O4. The molecule has 3 saturated carbocycles. The van der Waals surface area contributed by atoms with E-state index in [1.165, 1.54) is 56.9 Å². The standard InChI is InChI=1S/C34H54O4/c1-22(2)9-8-10-23(3)28-14-15-29-26-13-12-24-21-25(38-32(36)27-11-6-7-20-37-31(27)35)16-18-33(24,4)30(26)17-19-34(28,29)5/h12,22-23,25-30H,6-11,13-21H2,1-5H3/t23-,25?,26?,27?,28-,29?,30?,33+,34-/m1/s1. The maximum absolute atomic E-state index is 12.9. The Kier molecular flexibility index (Phi) is 8.38. The van der Waals surface area contributed by atoms with Gasteiger partial charge in [-0.05, 0) is 111 Å². The zero-order chi connectivity index (χ0) is 27.1. The predicted molar refractivity (Wildman–Crippen MR) is 151 cm³/mol. The molecule has 0 aromatic rings. The number of cyclic esters (lactones) is 1. The van der Waals surface area contributed by atoms with Crippen LogP contribution in [0.4, 0.5) is 0 Å². The van der Waals surface area contributed by atoms with Gasteiger partial charge in [-0.1, -0.05) is 65.5 Å². The zero-order valence-corrected chi connectivity index (χ0v) is 24.9. The molecule has 0 spiro atoms. The predicted octanol–water partition coefficient (Wildman–Crippen LogP) is 8.28. The summed E-state index contributed by atoms with van der Waals surface area (Å²) in [5.41, 5.74) is 2.29. The number of hydrogen-bond acceptors (Lipinski definition) is 4. The smallest absolute Gasteiger partial charge is 0.320 e. The molecule has 0 radical (unpaired) electrons. The van der Waals surface area contributed by atoms with Crippen molar-refractivity contribution in [3.8, 4) is 0 Å². The molecule has 5 unspecified atom stereocenters. The van der Waals surface area contributed by atoms with Gasteiger partial charge in [0.1, 0.15) is 6.10 Å². The molecule has 4 aliphatic carbocycles. The molecule has 5 rings (SSSR count). The number of ether oxygens (including phenoxy) is 2. The molecule has 4 nitrogen and oxygen atoms in total. The zero-order valence-electron chi connectivity index (χ0n) is 24.9. The fourth-order valence-corrected chi connectivity index (χ4v) is 10.1. The van der Waals surface area contributed by atoms with Gasteiger partial charge in [0.05, 0.1) is 6.61 Å². The molecule has 0 aromatic carbocycles. The molecule has 1 heterocycles. The third-order valence-electron chi connectivity index (χ3n) is 12.2. The van der Waals surface area contributed by atoms with E-state index in [0.29, 0.717) is 18.4 Å². The van der Waals surface area contributed by atoms with Crippen molar-refractivity contribution in [1.82, 2.24) is 0 Å². The van der Waals surface area contributed by atoms with E-state index in [1.54, 1.807) is 0 Å². The van der Waals surface area contributed by atoms with E-state index >= 15 is 0 Å². The SMILES string of the molecule is CC(C)CCC[C@@H](C)[C@H]1CCC2C3CC=C4CC(OC(=O)C5CCCCOC5=O)CC[C@]4(C)C3CC[C@@]21C. The van der Waals surface area contributed by atoms with E-state index in [9.17, 15) is 9.59 Å². The average Bonchev–Trinajstić information content (AvgIpc) is 3.08. The summed E-state index contributed by atoms with van der Waals surface area (Å²) in [5.74, 6) is 3.54. The second-order valence-electron chi connectivity index (χ2n) is 14.8. The van der Waals surface area contributed by atoms with Gasteiger partial charge in [-0.15, -0.1) is 0 Å². The lowest BCUT2D eigenvalue weighted by Crippen LogP contribution is -2.51. The monoisotopic (exact) mass is 526 g/mol. The van der Waals surface area contributed by atoms with Crippen LogP contribution in [0.5, 0.6) is 0 Å². The van der Waals surface area contributed by atoms with Crippen LogP contribution in [0.15, 0.2) is 11.6 Å². The van der Waals surface area contributed by atoms with Crippen LogP contribution in [-0.4, -0.2) is 24.6 Å². The second-order valence-corrected chi connectivity index (χ2v) is 14.8. The van der Waals surface area contributed by atoms with Crippen molar-refractivity contribution in [1.29, 1.82) is 0 Å². The Morgan fingerprint density at radius 3 is 2.63 bits per heavy atom. The van der Waals surface area contributed by atoms with Crippen LogP contribution in [0, 0.1) is 52.3 Å². The summed E-state index contributed by atoms with van der Waals surface area (Å²) in [7, 11) is 0. The number of carbonyl (C=O) groups is 2. The summed E-state index contributed by atoms with van der Waals surface area (Å²) in [6.07, 6.45) is 18.6. The van der Waals surface area contributed by atoms with Gasteiger partial charge in [0.25, 0.3) is 0 Å². The Morgan fingerprint density at radius 2 is 1.84 bits per heavy atom. The Labute approximate surface area is 232 Å². The molecule has 0 bridgehead atoms. The lowest BCUT2D eigenvalue weighted by atomic mass is 9.47. The number of esters is 2. The summed E-state index contributed by atoms with van der Waals surface area (Å²) in [5, 5.41) is 0. The second kappa shape index (κ2) is 11.3. The molecule has 5 aliphatic rings.